The first-order valence-corrected chi connectivity index (χ1v) is 9.39. The van der Waals surface area contributed by atoms with Crippen LogP contribution >= 0.6 is 27.7 Å². The molecule has 5 nitrogen and oxygen atoms in total. The molecule has 0 saturated heterocycles. The summed E-state index contributed by atoms with van der Waals surface area (Å²) < 4.78 is 68.9. The van der Waals surface area contributed by atoms with Crippen molar-refractivity contribution in [2.75, 3.05) is 5.75 Å². The van der Waals surface area contributed by atoms with Crippen molar-refractivity contribution in [3.8, 4) is 11.5 Å². The average molecular weight is 470 g/mol. The lowest BCUT2D eigenvalue weighted by Gasteiger charge is -2.18. The molecular weight excluding hydrogens is 457 g/mol. The number of fused-ring (bicyclic) bond motifs is 1. The van der Waals surface area contributed by atoms with Crippen LogP contribution in [-0.2, 0) is 20.0 Å². The van der Waals surface area contributed by atoms with Gasteiger partial charge in [-0.1, -0.05) is 6.92 Å². The van der Waals surface area contributed by atoms with Crippen molar-refractivity contribution in [1.82, 2.24) is 24.1 Å². The Balaban J connectivity index is 2.18. The van der Waals surface area contributed by atoms with Crippen molar-refractivity contribution in [2.24, 2.45) is 14.1 Å². The number of hydrogen-bond donors (Lipinski definition) is 0. The maximum absolute atomic E-state index is 13.6. The molecule has 27 heavy (non-hydrogen) atoms. The zero-order valence-electron chi connectivity index (χ0n) is 14.3. The Kier molecular flexibility index (Phi) is 5.00. The molecule has 0 aliphatic heterocycles. The van der Waals surface area contributed by atoms with Crippen LogP contribution < -0.4 is 0 Å². The molecule has 0 fully saturated rings. The van der Waals surface area contributed by atoms with E-state index in [1.54, 1.807) is 23.2 Å². The number of thioether (sulfide) groups is 1. The van der Waals surface area contributed by atoms with Crippen LogP contribution in [0.3, 0.4) is 0 Å². The number of aromatic nitrogens is 5. The summed E-state index contributed by atoms with van der Waals surface area (Å²) in [4.78, 5) is 12.0. The molecule has 0 unspecified atom stereocenters. The smallest absolute Gasteiger partial charge is 0.324 e. The van der Waals surface area contributed by atoms with Crippen LogP contribution in [0.15, 0.2) is 22.0 Å². The van der Waals surface area contributed by atoms with E-state index in [-0.39, 0.29) is 5.52 Å². The second kappa shape index (κ2) is 6.73. The second-order valence-corrected chi connectivity index (χ2v) is 7.61. The normalized spacial score (nSPS) is 12.9. The Morgan fingerprint density at radius 2 is 1.78 bits per heavy atom. The molecule has 0 amide bonds. The second-order valence-electron chi connectivity index (χ2n) is 5.65. The van der Waals surface area contributed by atoms with Crippen molar-refractivity contribution >= 4 is 38.7 Å². The molecule has 0 atom stereocenters. The van der Waals surface area contributed by atoms with Crippen molar-refractivity contribution in [3.05, 3.63) is 22.7 Å². The lowest BCUT2D eigenvalue weighted by molar-refractivity contribution is -0.290. The van der Waals surface area contributed by atoms with Gasteiger partial charge < -0.3 is 9.13 Å². The standard InChI is InChI=1S/C15H13BrF5N5S/c1-4-27-12-10(24-13(16)26(12)3)11-23-7-5-9(14(17,18)15(19,20)21)22-6-8(7)25(11)2/h5-6H,4H2,1-3H3. The molecule has 0 N–H and O–H groups in total. The summed E-state index contributed by atoms with van der Waals surface area (Å²) in [7, 11) is 3.42. The zero-order valence-corrected chi connectivity index (χ0v) is 16.7. The Labute approximate surface area is 163 Å². The molecular formula is C15H13BrF5N5S. The maximum Gasteiger partial charge on any atom is 0.459 e. The minimum atomic E-state index is -5.73. The largest absolute Gasteiger partial charge is 0.459 e. The number of pyridine rings is 1. The average Bonchev–Trinajstić information content (AvgIpc) is 3.05. The van der Waals surface area contributed by atoms with Crippen LogP contribution in [0.1, 0.15) is 12.6 Å². The minimum Gasteiger partial charge on any atom is -0.324 e. The quantitative estimate of drug-likeness (QED) is 0.402. The van der Waals surface area contributed by atoms with E-state index in [1.165, 1.54) is 11.8 Å². The number of halogens is 6. The minimum absolute atomic E-state index is 0.0179. The predicted octanol–water partition coefficient (Wildman–Crippen LogP) is 4.90. The van der Waals surface area contributed by atoms with Crippen molar-refractivity contribution < 1.29 is 22.0 Å². The van der Waals surface area contributed by atoms with E-state index in [9.17, 15) is 22.0 Å². The van der Waals surface area contributed by atoms with Gasteiger partial charge in [-0.25, -0.2) is 9.97 Å². The highest BCUT2D eigenvalue weighted by atomic mass is 79.9. The number of rotatable bonds is 4. The van der Waals surface area contributed by atoms with Crippen LogP contribution in [0.4, 0.5) is 22.0 Å². The van der Waals surface area contributed by atoms with Gasteiger partial charge in [0.2, 0.25) is 0 Å². The molecule has 0 spiro atoms. The lowest BCUT2D eigenvalue weighted by Crippen LogP contribution is -2.34. The molecule has 12 heteroatoms. The Morgan fingerprint density at radius 3 is 2.37 bits per heavy atom. The van der Waals surface area contributed by atoms with Crippen LogP contribution in [0.5, 0.6) is 0 Å². The molecule has 0 aliphatic rings. The van der Waals surface area contributed by atoms with Crippen LogP contribution in [0.2, 0.25) is 0 Å². The molecule has 3 aromatic heterocycles. The molecule has 0 saturated carbocycles. The van der Waals surface area contributed by atoms with E-state index < -0.39 is 17.8 Å². The molecule has 0 aromatic carbocycles. The number of aryl methyl sites for hydroxylation is 1. The van der Waals surface area contributed by atoms with Crippen molar-refractivity contribution in [2.45, 2.75) is 24.0 Å². The van der Waals surface area contributed by atoms with Gasteiger partial charge >= 0.3 is 12.1 Å². The monoisotopic (exact) mass is 469 g/mol. The molecule has 0 bridgehead atoms. The van der Waals surface area contributed by atoms with E-state index in [0.717, 1.165) is 17.0 Å². The van der Waals surface area contributed by atoms with Crippen LogP contribution in [0, 0.1) is 0 Å². The first kappa shape index (κ1) is 20.1. The van der Waals surface area contributed by atoms with Gasteiger partial charge in [0.15, 0.2) is 10.6 Å². The summed E-state index contributed by atoms with van der Waals surface area (Å²) in [6.07, 6.45) is -4.77. The first-order valence-electron chi connectivity index (χ1n) is 7.61. The summed E-state index contributed by atoms with van der Waals surface area (Å²) in [5.74, 6) is -3.96. The molecule has 3 heterocycles. The fourth-order valence-corrected chi connectivity index (χ4v) is 3.82. The van der Waals surface area contributed by atoms with Gasteiger partial charge in [-0.3, -0.25) is 4.98 Å². The fourth-order valence-electron chi connectivity index (χ4n) is 2.52. The van der Waals surface area contributed by atoms with Gasteiger partial charge in [-0.15, -0.1) is 11.8 Å². The number of nitrogens with zero attached hydrogens (tertiary/aromatic N) is 5. The van der Waals surface area contributed by atoms with Gasteiger partial charge in [-0.2, -0.15) is 22.0 Å². The summed E-state index contributed by atoms with van der Waals surface area (Å²) in [5.41, 5.74) is -0.590. The van der Waals surface area contributed by atoms with Gasteiger partial charge in [0.25, 0.3) is 0 Å². The van der Waals surface area contributed by atoms with E-state index in [0.29, 0.717) is 27.8 Å². The predicted molar refractivity (Wildman–Crippen MR) is 94.8 cm³/mol. The maximum atomic E-state index is 13.6. The van der Waals surface area contributed by atoms with Gasteiger partial charge in [-0.05, 0) is 27.7 Å². The first-order chi connectivity index (χ1) is 12.5. The Hall–Kier alpha value is -1.69. The SMILES string of the molecule is CCSc1c(-c2nc3cc(C(F)(F)C(F)(F)F)ncc3n2C)nc(Br)n1C. The van der Waals surface area contributed by atoms with E-state index in [4.69, 9.17) is 0 Å². The van der Waals surface area contributed by atoms with Gasteiger partial charge in [0.05, 0.1) is 17.2 Å². The van der Waals surface area contributed by atoms with Crippen LogP contribution in [0.25, 0.3) is 22.6 Å². The van der Waals surface area contributed by atoms with Crippen molar-refractivity contribution in [1.29, 1.82) is 0 Å². The zero-order chi connectivity index (χ0) is 20.1. The Morgan fingerprint density at radius 1 is 1.11 bits per heavy atom. The lowest BCUT2D eigenvalue weighted by atomic mass is 10.2. The highest BCUT2D eigenvalue weighted by Gasteiger charge is 2.60. The summed E-state index contributed by atoms with van der Waals surface area (Å²) in [5, 5.41) is 0.789. The number of alkyl halides is 5. The summed E-state index contributed by atoms with van der Waals surface area (Å²) >= 11 is 4.83. The molecule has 0 aliphatic carbocycles. The summed E-state index contributed by atoms with van der Waals surface area (Å²) in [6, 6.07) is 0.664. The number of hydrogen-bond acceptors (Lipinski definition) is 4. The summed E-state index contributed by atoms with van der Waals surface area (Å²) in [6.45, 7) is 1.96. The highest BCUT2D eigenvalue weighted by Crippen LogP contribution is 2.43. The highest BCUT2D eigenvalue weighted by molar-refractivity contribution is 9.10. The van der Waals surface area contributed by atoms with E-state index in [2.05, 4.69) is 30.9 Å². The van der Waals surface area contributed by atoms with Crippen LogP contribution in [-0.4, -0.2) is 36.0 Å². The molecule has 3 rings (SSSR count). The molecule has 3 aromatic rings. The van der Waals surface area contributed by atoms with E-state index >= 15 is 0 Å². The van der Waals surface area contributed by atoms with E-state index in [1.807, 2.05) is 6.92 Å². The molecule has 146 valence electrons. The number of imidazole rings is 2. The van der Waals surface area contributed by atoms with Crippen molar-refractivity contribution in [3.63, 3.8) is 0 Å². The van der Waals surface area contributed by atoms with Gasteiger partial charge in [0.1, 0.15) is 16.4 Å². The van der Waals surface area contributed by atoms with Gasteiger partial charge in [0, 0.05) is 14.1 Å². The molecule has 0 radical (unpaired) electrons. The third kappa shape index (κ3) is 3.22. The third-order valence-electron chi connectivity index (χ3n) is 3.93. The third-order valence-corrected chi connectivity index (χ3v) is 5.66. The Bertz CT molecular complexity index is 1010. The fraction of sp³-hybridized carbons (Fsp3) is 0.400. The topological polar surface area (TPSA) is 48.5 Å².